The van der Waals surface area contributed by atoms with Gasteiger partial charge in [0.15, 0.2) is 11.9 Å². The molecule has 4 nitrogen and oxygen atoms in total. The maximum atomic E-state index is 11.8. The maximum Gasteiger partial charge on any atom is 0.294 e. The van der Waals surface area contributed by atoms with Gasteiger partial charge in [0.1, 0.15) is 5.57 Å². The van der Waals surface area contributed by atoms with Gasteiger partial charge in [0, 0.05) is 6.42 Å². The molecule has 0 spiro atoms. The maximum absolute atomic E-state index is 11.8. The highest BCUT2D eigenvalue weighted by Crippen LogP contribution is 2.25. The minimum Gasteiger partial charge on any atom is -0.468 e. The Hall–Kier alpha value is -1.84. The molecule has 0 fully saturated rings. The van der Waals surface area contributed by atoms with E-state index in [0.29, 0.717) is 6.42 Å². The third-order valence-electron chi connectivity index (χ3n) is 2.32. The molecule has 1 atom stereocenters. The summed E-state index contributed by atoms with van der Waals surface area (Å²) in [6.45, 7) is 3.23. The summed E-state index contributed by atoms with van der Waals surface area (Å²) in [4.78, 5) is 23.1. The summed E-state index contributed by atoms with van der Waals surface area (Å²) in [6, 6.07) is 0. The van der Waals surface area contributed by atoms with Crippen molar-refractivity contribution < 1.29 is 19.1 Å². The van der Waals surface area contributed by atoms with Gasteiger partial charge >= 0.3 is 0 Å². The van der Waals surface area contributed by atoms with Gasteiger partial charge in [0.2, 0.25) is 5.78 Å². The molecular weight excluding hydrogens is 220 g/mol. The highest BCUT2D eigenvalue weighted by Gasteiger charge is 2.37. The van der Waals surface area contributed by atoms with Gasteiger partial charge in [0.25, 0.3) is 5.95 Å². The molecule has 0 unspecified atom stereocenters. The van der Waals surface area contributed by atoms with Crippen molar-refractivity contribution in [1.82, 2.24) is 0 Å². The van der Waals surface area contributed by atoms with Crippen molar-refractivity contribution >= 4 is 11.6 Å². The van der Waals surface area contributed by atoms with Gasteiger partial charge in [0.05, 0.1) is 7.11 Å². The number of Topliss-reactive ketones (excluding diaryl/α,β-unsaturated/α-hetero) is 2. The number of methoxy groups -OCH3 is 1. The second-order valence-corrected chi connectivity index (χ2v) is 3.58. The molecule has 0 amide bonds. The third-order valence-corrected chi connectivity index (χ3v) is 2.32. The van der Waals surface area contributed by atoms with Gasteiger partial charge in [-0.2, -0.15) is 0 Å². The monoisotopic (exact) mass is 236 g/mol. The largest absolute Gasteiger partial charge is 0.468 e. The van der Waals surface area contributed by atoms with E-state index >= 15 is 0 Å². The van der Waals surface area contributed by atoms with Crippen molar-refractivity contribution in [2.45, 2.75) is 26.4 Å². The Morgan fingerprint density at radius 3 is 2.65 bits per heavy atom. The Labute approximate surface area is 101 Å². The topological polar surface area (TPSA) is 52.6 Å². The van der Waals surface area contributed by atoms with Gasteiger partial charge in [-0.25, -0.2) is 0 Å². The molecule has 0 aromatic rings. The van der Waals surface area contributed by atoms with Crippen LogP contribution in [0.25, 0.3) is 0 Å². The number of ether oxygens (including phenoxy) is 2. The predicted molar refractivity (Wildman–Crippen MR) is 63.2 cm³/mol. The SMILES string of the molecule is C/C=C/C=C/C[C@@H]1OC(OC)=C(C(C)=O)C1=O. The zero-order valence-electron chi connectivity index (χ0n) is 10.2. The molecule has 0 aliphatic carbocycles. The molecule has 0 N–H and O–H groups in total. The molecule has 0 saturated heterocycles. The fourth-order valence-corrected chi connectivity index (χ4v) is 1.52. The molecule has 0 aromatic heterocycles. The Morgan fingerprint density at radius 1 is 1.47 bits per heavy atom. The van der Waals surface area contributed by atoms with Crippen molar-refractivity contribution in [2.75, 3.05) is 7.11 Å². The Kier molecular flexibility index (Phi) is 4.69. The summed E-state index contributed by atoms with van der Waals surface area (Å²) in [5.41, 5.74) is 0.0249. The van der Waals surface area contributed by atoms with Crippen molar-refractivity contribution in [3.8, 4) is 0 Å². The second kappa shape index (κ2) is 6.03. The van der Waals surface area contributed by atoms with Gasteiger partial charge in [-0.3, -0.25) is 9.59 Å². The smallest absolute Gasteiger partial charge is 0.294 e. The van der Waals surface area contributed by atoms with E-state index in [0.717, 1.165) is 0 Å². The number of ketones is 2. The highest BCUT2D eigenvalue weighted by atomic mass is 16.7. The van der Waals surface area contributed by atoms with Crippen molar-refractivity contribution in [2.24, 2.45) is 0 Å². The van der Waals surface area contributed by atoms with Gasteiger partial charge < -0.3 is 9.47 Å². The molecule has 0 radical (unpaired) electrons. The number of hydrogen-bond donors (Lipinski definition) is 0. The molecule has 4 heteroatoms. The van der Waals surface area contributed by atoms with E-state index in [1.54, 1.807) is 0 Å². The molecular formula is C13H16O4. The van der Waals surface area contributed by atoms with Crippen LogP contribution in [0.3, 0.4) is 0 Å². The number of allylic oxidation sites excluding steroid dienone is 3. The molecule has 1 rings (SSSR count). The predicted octanol–water partition coefficient (Wildman–Crippen LogP) is 1.92. The van der Waals surface area contributed by atoms with Crippen molar-refractivity contribution in [1.29, 1.82) is 0 Å². The first-order chi connectivity index (χ1) is 8.11. The van der Waals surface area contributed by atoms with Crippen molar-refractivity contribution in [3.63, 3.8) is 0 Å². The molecule has 92 valence electrons. The Morgan fingerprint density at radius 2 is 2.18 bits per heavy atom. The fraction of sp³-hybridized carbons (Fsp3) is 0.385. The lowest BCUT2D eigenvalue weighted by molar-refractivity contribution is -0.124. The summed E-state index contributed by atoms with van der Waals surface area (Å²) >= 11 is 0. The zero-order chi connectivity index (χ0) is 12.8. The van der Waals surface area contributed by atoms with Crippen LogP contribution in [-0.4, -0.2) is 24.8 Å². The quantitative estimate of drug-likeness (QED) is 0.540. The second-order valence-electron chi connectivity index (χ2n) is 3.58. The number of rotatable bonds is 5. The summed E-state index contributed by atoms with van der Waals surface area (Å²) in [7, 11) is 1.38. The van der Waals surface area contributed by atoms with Crippen LogP contribution in [0.2, 0.25) is 0 Å². The van der Waals surface area contributed by atoms with Crippen LogP contribution in [0.5, 0.6) is 0 Å². The zero-order valence-corrected chi connectivity index (χ0v) is 10.2. The number of carbonyl (C=O) groups is 2. The van der Waals surface area contributed by atoms with Crippen LogP contribution in [-0.2, 0) is 19.1 Å². The molecule has 0 bridgehead atoms. The minimum atomic E-state index is -0.648. The molecule has 0 aromatic carbocycles. The lowest BCUT2D eigenvalue weighted by Crippen LogP contribution is -2.19. The fourth-order valence-electron chi connectivity index (χ4n) is 1.52. The lowest BCUT2D eigenvalue weighted by Gasteiger charge is -2.07. The van der Waals surface area contributed by atoms with Gasteiger partial charge in [-0.15, -0.1) is 0 Å². The summed E-state index contributed by atoms with van der Waals surface area (Å²) in [5, 5.41) is 0. The number of carbonyl (C=O) groups excluding carboxylic acids is 2. The van der Waals surface area contributed by atoms with Crippen LogP contribution in [0.15, 0.2) is 35.8 Å². The normalized spacial score (nSPS) is 20.4. The average molecular weight is 236 g/mol. The summed E-state index contributed by atoms with van der Waals surface area (Å²) in [6.07, 6.45) is 7.16. The highest BCUT2D eigenvalue weighted by molar-refractivity contribution is 6.22. The van der Waals surface area contributed by atoms with E-state index in [1.807, 2.05) is 31.2 Å². The van der Waals surface area contributed by atoms with Crippen molar-refractivity contribution in [3.05, 3.63) is 35.8 Å². The first-order valence-corrected chi connectivity index (χ1v) is 5.39. The lowest BCUT2D eigenvalue weighted by atomic mass is 10.0. The average Bonchev–Trinajstić information content (AvgIpc) is 2.61. The van der Waals surface area contributed by atoms with Gasteiger partial charge in [-0.05, 0) is 13.8 Å². The number of hydrogen-bond acceptors (Lipinski definition) is 4. The van der Waals surface area contributed by atoms with Crippen LogP contribution in [0, 0.1) is 0 Å². The Balaban J connectivity index is 2.72. The first kappa shape index (κ1) is 13.2. The summed E-state index contributed by atoms with van der Waals surface area (Å²) in [5.74, 6) is -0.599. The van der Waals surface area contributed by atoms with E-state index in [4.69, 9.17) is 9.47 Å². The van der Waals surface area contributed by atoms with Crippen LogP contribution >= 0.6 is 0 Å². The molecule has 1 aliphatic heterocycles. The van der Waals surface area contributed by atoms with E-state index in [-0.39, 0.29) is 23.1 Å². The molecule has 1 aliphatic rings. The first-order valence-electron chi connectivity index (χ1n) is 5.39. The van der Waals surface area contributed by atoms with Crippen LogP contribution in [0.4, 0.5) is 0 Å². The van der Waals surface area contributed by atoms with Gasteiger partial charge in [-0.1, -0.05) is 24.3 Å². The van der Waals surface area contributed by atoms with E-state index in [1.165, 1.54) is 14.0 Å². The summed E-state index contributed by atoms with van der Waals surface area (Å²) < 4.78 is 10.2. The van der Waals surface area contributed by atoms with E-state index in [2.05, 4.69) is 0 Å². The minimum absolute atomic E-state index is 0.0249. The Bertz CT molecular complexity index is 402. The standard InChI is InChI=1S/C13H16O4/c1-4-5-6-7-8-10-12(15)11(9(2)14)13(16-3)17-10/h4-7,10H,8H2,1-3H3/b5-4+,7-6+/t10-/m0/s1. The molecule has 0 saturated carbocycles. The van der Waals surface area contributed by atoms with E-state index in [9.17, 15) is 9.59 Å². The third kappa shape index (κ3) is 3.06. The molecule has 1 heterocycles. The van der Waals surface area contributed by atoms with E-state index < -0.39 is 6.10 Å². The van der Waals surface area contributed by atoms with Crippen LogP contribution < -0.4 is 0 Å². The van der Waals surface area contributed by atoms with Crippen LogP contribution in [0.1, 0.15) is 20.3 Å². The molecule has 17 heavy (non-hydrogen) atoms.